The summed E-state index contributed by atoms with van der Waals surface area (Å²) >= 11 is 3.51. The van der Waals surface area contributed by atoms with E-state index in [-0.39, 0.29) is 11.2 Å². The Hall–Kier alpha value is -3.66. The highest BCUT2D eigenvalue weighted by molar-refractivity contribution is 8.00. The van der Waals surface area contributed by atoms with E-state index in [0.717, 1.165) is 22.7 Å². The maximum absolute atomic E-state index is 12.8. The van der Waals surface area contributed by atoms with Crippen LogP contribution < -0.4 is 16.0 Å². The summed E-state index contributed by atoms with van der Waals surface area (Å²) in [7, 11) is 0. The lowest BCUT2D eigenvalue weighted by molar-refractivity contribution is -0.991. The standard InChI is InChI=1S/C30H28N3O3S2.H3N/c1-21(19-31-23-11-3-7-15-27(23)37-28-16-8-4-12-24(28)31)35-33(34)36-22(2)20-32-25-13-5-9-17-29(25)38-30-18-10-6-14-26(30)32;/h3-18,21-22H,19-20H2,1-2H3;1H3/q+1;. The lowest BCUT2D eigenvalue weighted by Gasteiger charge is -2.33. The van der Waals surface area contributed by atoms with Gasteiger partial charge in [-0.15, -0.1) is 0 Å². The zero-order valence-electron chi connectivity index (χ0n) is 21.9. The number of hydrogen-bond donors (Lipinski definition) is 1. The molecule has 0 aliphatic carbocycles. The molecule has 2 heterocycles. The average Bonchev–Trinajstić information content (AvgIpc) is 2.92. The molecule has 0 amide bonds. The molecule has 2 atom stereocenters. The molecule has 9 heteroatoms. The second-order valence-electron chi connectivity index (χ2n) is 9.35. The molecule has 0 spiro atoms. The number of hydrogen-bond acceptors (Lipinski definition) is 8. The van der Waals surface area contributed by atoms with Gasteiger partial charge in [-0.3, -0.25) is 0 Å². The molecule has 7 nitrogen and oxygen atoms in total. The first-order valence-corrected chi connectivity index (χ1v) is 14.3. The van der Waals surface area contributed by atoms with Crippen molar-refractivity contribution in [2.45, 2.75) is 45.6 Å². The van der Waals surface area contributed by atoms with Crippen molar-refractivity contribution in [3.8, 4) is 0 Å². The van der Waals surface area contributed by atoms with Gasteiger partial charge in [-0.25, -0.2) is 0 Å². The third-order valence-corrected chi connectivity index (χ3v) is 8.74. The van der Waals surface area contributed by atoms with Gasteiger partial charge in [0.2, 0.25) is 0 Å². The van der Waals surface area contributed by atoms with E-state index < -0.39 is 12.2 Å². The van der Waals surface area contributed by atoms with Crippen molar-refractivity contribution in [2.24, 2.45) is 0 Å². The molecule has 0 radical (unpaired) electrons. The Labute approximate surface area is 237 Å². The van der Waals surface area contributed by atoms with Crippen LogP contribution in [0.15, 0.2) is 117 Å². The van der Waals surface area contributed by atoms with Gasteiger partial charge in [0.05, 0.1) is 35.8 Å². The number of benzene rings is 4. The van der Waals surface area contributed by atoms with Crippen LogP contribution in [0.5, 0.6) is 0 Å². The first-order valence-electron chi connectivity index (χ1n) is 12.6. The lowest BCUT2D eigenvalue weighted by Crippen LogP contribution is -2.36. The highest BCUT2D eigenvalue weighted by Crippen LogP contribution is 2.49. The molecule has 4 aromatic rings. The third kappa shape index (κ3) is 5.56. The van der Waals surface area contributed by atoms with Gasteiger partial charge in [-0.05, 0) is 62.4 Å². The predicted octanol–water partition coefficient (Wildman–Crippen LogP) is 8.17. The number of anilines is 4. The van der Waals surface area contributed by atoms with Crippen molar-refractivity contribution in [1.82, 2.24) is 6.15 Å². The molecule has 0 saturated carbocycles. The van der Waals surface area contributed by atoms with Crippen LogP contribution >= 0.6 is 23.5 Å². The number of rotatable bonds is 8. The highest BCUT2D eigenvalue weighted by Gasteiger charge is 2.31. The van der Waals surface area contributed by atoms with E-state index in [2.05, 4.69) is 58.3 Å². The molecule has 0 fully saturated rings. The zero-order valence-corrected chi connectivity index (χ0v) is 23.5. The minimum Gasteiger partial charge on any atom is -0.344 e. The Morgan fingerprint density at radius 3 is 1.18 bits per heavy atom. The maximum atomic E-state index is 12.8. The molecule has 6 rings (SSSR count). The summed E-state index contributed by atoms with van der Waals surface area (Å²) in [6, 6.07) is 33.2. The summed E-state index contributed by atoms with van der Waals surface area (Å²) in [6.07, 6.45) is -0.812. The summed E-state index contributed by atoms with van der Waals surface area (Å²) < 4.78 is 0. The van der Waals surface area contributed by atoms with Gasteiger partial charge < -0.3 is 16.0 Å². The van der Waals surface area contributed by atoms with Gasteiger partial charge in [0.15, 0.2) is 12.2 Å². The Kier molecular flexibility index (Phi) is 8.02. The van der Waals surface area contributed by atoms with E-state index in [1.807, 2.05) is 62.4 Å². The fraction of sp³-hybridized carbons (Fsp3) is 0.200. The van der Waals surface area contributed by atoms with Crippen LogP contribution in [0.25, 0.3) is 0 Å². The maximum Gasteiger partial charge on any atom is 0.478 e. The largest absolute Gasteiger partial charge is 0.478 e. The Morgan fingerprint density at radius 1 is 0.590 bits per heavy atom. The second-order valence-corrected chi connectivity index (χ2v) is 11.5. The minimum absolute atomic E-state index is 0. The first-order chi connectivity index (χ1) is 18.6. The van der Waals surface area contributed by atoms with Crippen LogP contribution in [0.3, 0.4) is 0 Å². The topological polar surface area (TPSA) is 80.0 Å². The Balaban J connectivity index is 0.00000308. The van der Waals surface area contributed by atoms with Crippen molar-refractivity contribution in [3.05, 3.63) is 102 Å². The highest BCUT2D eigenvalue weighted by atomic mass is 32.2. The molecule has 0 aromatic heterocycles. The van der Waals surface area contributed by atoms with Crippen molar-refractivity contribution >= 4 is 46.3 Å². The van der Waals surface area contributed by atoms with Crippen LogP contribution in [-0.2, 0) is 9.68 Å². The summed E-state index contributed by atoms with van der Waals surface area (Å²) in [5.74, 6) is 0. The minimum atomic E-state index is -0.406. The van der Waals surface area contributed by atoms with Crippen LogP contribution in [0.1, 0.15) is 13.8 Å². The molecular formula is C30H31N4O3S2+. The number of para-hydroxylation sites is 4. The molecule has 2 aliphatic rings. The van der Waals surface area contributed by atoms with Gasteiger partial charge in [-0.2, -0.15) is 9.68 Å². The van der Waals surface area contributed by atoms with E-state index in [1.54, 1.807) is 23.5 Å². The number of nitrogens with zero attached hydrogens (tertiary/aromatic N) is 3. The van der Waals surface area contributed by atoms with Crippen molar-refractivity contribution < 1.29 is 14.8 Å². The molecule has 0 bridgehead atoms. The summed E-state index contributed by atoms with van der Waals surface area (Å²) in [4.78, 5) is 33.2. The van der Waals surface area contributed by atoms with E-state index in [1.165, 1.54) is 19.6 Å². The lowest BCUT2D eigenvalue weighted by atomic mass is 10.2. The molecule has 0 saturated heterocycles. The Bertz CT molecular complexity index is 1280. The quantitative estimate of drug-likeness (QED) is 0.217. The van der Waals surface area contributed by atoms with Gasteiger partial charge in [0.1, 0.15) is 4.91 Å². The second kappa shape index (κ2) is 11.6. The fourth-order valence-corrected chi connectivity index (χ4v) is 7.05. The summed E-state index contributed by atoms with van der Waals surface area (Å²) in [6.45, 7) is 4.80. The van der Waals surface area contributed by atoms with E-state index in [0.29, 0.717) is 13.1 Å². The number of fused-ring (bicyclic) bond motifs is 4. The van der Waals surface area contributed by atoms with Crippen LogP contribution in [-0.4, -0.2) is 30.4 Å². The molecular weight excluding hydrogens is 528 g/mol. The fourth-order valence-electron chi connectivity index (χ4n) is 4.86. The Morgan fingerprint density at radius 2 is 0.872 bits per heavy atom. The third-order valence-electron chi connectivity index (χ3n) is 6.48. The van der Waals surface area contributed by atoms with E-state index >= 15 is 0 Å². The van der Waals surface area contributed by atoms with Crippen LogP contribution in [0.2, 0.25) is 0 Å². The molecule has 39 heavy (non-hydrogen) atoms. The summed E-state index contributed by atoms with van der Waals surface area (Å²) in [5, 5.41) is 0.280. The molecule has 200 valence electrons. The molecule has 2 aliphatic heterocycles. The zero-order chi connectivity index (χ0) is 26.1. The SMILES string of the molecule is CC(CN1c2ccccc2Sc2ccccc21)O[N+](=O)OC(C)CN1c2ccccc2Sc2ccccc21.N. The van der Waals surface area contributed by atoms with Gasteiger partial charge in [-0.1, -0.05) is 72.1 Å². The van der Waals surface area contributed by atoms with E-state index in [4.69, 9.17) is 9.68 Å². The first kappa shape index (κ1) is 26.9. The van der Waals surface area contributed by atoms with Crippen LogP contribution in [0, 0.1) is 4.91 Å². The monoisotopic (exact) mass is 559 g/mol. The van der Waals surface area contributed by atoms with Crippen molar-refractivity contribution in [2.75, 3.05) is 22.9 Å². The van der Waals surface area contributed by atoms with Crippen LogP contribution in [0.4, 0.5) is 22.7 Å². The van der Waals surface area contributed by atoms with Gasteiger partial charge in [0.25, 0.3) is 0 Å². The average molecular weight is 560 g/mol. The smallest absolute Gasteiger partial charge is 0.344 e. The normalized spacial score (nSPS) is 14.5. The van der Waals surface area contributed by atoms with Gasteiger partial charge in [0, 0.05) is 19.6 Å². The molecule has 3 N–H and O–H groups in total. The summed E-state index contributed by atoms with van der Waals surface area (Å²) in [5.41, 5.74) is 4.44. The predicted molar refractivity (Wildman–Crippen MR) is 158 cm³/mol. The van der Waals surface area contributed by atoms with Crippen molar-refractivity contribution in [3.63, 3.8) is 0 Å². The van der Waals surface area contributed by atoms with Crippen molar-refractivity contribution in [1.29, 1.82) is 0 Å². The molecule has 2 unspecified atom stereocenters. The van der Waals surface area contributed by atoms with Gasteiger partial charge >= 0.3 is 5.09 Å². The molecule has 4 aromatic carbocycles. The van der Waals surface area contributed by atoms with E-state index in [9.17, 15) is 4.91 Å².